The molecule has 0 bridgehead atoms. The summed E-state index contributed by atoms with van der Waals surface area (Å²) in [7, 11) is 1.74. The highest BCUT2D eigenvalue weighted by molar-refractivity contribution is 9.10. The number of nitrogens with zero attached hydrogens (tertiary/aromatic N) is 1. The molecule has 1 aromatic rings. The molecule has 0 aliphatic heterocycles. The molecule has 106 valence electrons. The van der Waals surface area contributed by atoms with Crippen LogP contribution in [0.3, 0.4) is 0 Å². The highest BCUT2D eigenvalue weighted by atomic mass is 79.9. The molecule has 0 heterocycles. The van der Waals surface area contributed by atoms with Gasteiger partial charge in [0, 0.05) is 23.1 Å². The Hall–Kier alpha value is -1.07. The number of aliphatic hydroxyl groups is 1. The predicted octanol–water partition coefficient (Wildman–Crippen LogP) is 2.75. The summed E-state index contributed by atoms with van der Waals surface area (Å²) < 4.78 is 6.38. The van der Waals surface area contributed by atoms with Crippen molar-refractivity contribution >= 4 is 21.8 Å². The first-order valence-corrected chi connectivity index (χ1v) is 6.98. The van der Waals surface area contributed by atoms with E-state index in [0.29, 0.717) is 11.3 Å². The van der Waals surface area contributed by atoms with Crippen LogP contribution in [0, 0.1) is 0 Å². The van der Waals surface area contributed by atoms with Crippen LogP contribution in [0.25, 0.3) is 0 Å². The minimum Gasteiger partial charge on any atom is -0.483 e. The second-order valence-electron chi connectivity index (χ2n) is 4.75. The topological polar surface area (TPSA) is 49.8 Å². The van der Waals surface area contributed by atoms with Crippen LogP contribution in [0.5, 0.6) is 5.75 Å². The molecule has 1 rings (SSSR count). The zero-order valence-corrected chi connectivity index (χ0v) is 13.3. The van der Waals surface area contributed by atoms with Gasteiger partial charge < -0.3 is 14.7 Å². The van der Waals surface area contributed by atoms with Crippen molar-refractivity contribution in [3.05, 3.63) is 28.2 Å². The number of carbonyl (C=O) groups excluding carboxylic acids is 1. The second-order valence-corrected chi connectivity index (χ2v) is 5.66. The second kappa shape index (κ2) is 6.91. The number of likely N-dealkylation sites (N-methyl/N-ethyl adjacent to an activating group) is 1. The van der Waals surface area contributed by atoms with Gasteiger partial charge in [0.15, 0.2) is 6.61 Å². The molecule has 19 heavy (non-hydrogen) atoms. The fraction of sp³-hybridized carbons (Fsp3) is 0.500. The van der Waals surface area contributed by atoms with Crippen LogP contribution in [-0.4, -0.2) is 35.6 Å². The van der Waals surface area contributed by atoms with E-state index in [-0.39, 0.29) is 18.6 Å². The maximum Gasteiger partial charge on any atom is 0.260 e. The largest absolute Gasteiger partial charge is 0.483 e. The lowest BCUT2D eigenvalue weighted by atomic mass is 10.1. The molecule has 1 atom stereocenters. The molecule has 0 saturated heterocycles. The Bertz CT molecular complexity index is 446. The van der Waals surface area contributed by atoms with E-state index in [1.807, 2.05) is 19.9 Å². The standard InChI is InChI=1S/C14H20BrNO3/c1-9(2)16(4)14(18)8-19-13-6-5-11(15)7-12(13)10(3)17/h5-7,9-10,17H,8H2,1-4H3/t10-/m1/s1. The third-order valence-electron chi connectivity index (χ3n) is 2.94. The quantitative estimate of drug-likeness (QED) is 0.903. The van der Waals surface area contributed by atoms with Gasteiger partial charge in [0.1, 0.15) is 5.75 Å². The van der Waals surface area contributed by atoms with Crippen molar-refractivity contribution in [1.29, 1.82) is 0 Å². The van der Waals surface area contributed by atoms with Crippen molar-refractivity contribution in [2.75, 3.05) is 13.7 Å². The summed E-state index contributed by atoms with van der Waals surface area (Å²) in [5.74, 6) is 0.443. The van der Waals surface area contributed by atoms with Gasteiger partial charge in [0.05, 0.1) is 6.10 Å². The van der Waals surface area contributed by atoms with E-state index in [0.717, 1.165) is 4.47 Å². The van der Waals surface area contributed by atoms with Gasteiger partial charge in [-0.15, -0.1) is 0 Å². The van der Waals surface area contributed by atoms with E-state index in [2.05, 4.69) is 15.9 Å². The number of rotatable bonds is 5. The zero-order valence-electron chi connectivity index (χ0n) is 11.7. The molecule has 1 amide bonds. The molecule has 0 aromatic heterocycles. The van der Waals surface area contributed by atoms with Crippen LogP contribution in [0.1, 0.15) is 32.4 Å². The van der Waals surface area contributed by atoms with Crippen molar-refractivity contribution in [2.45, 2.75) is 32.9 Å². The van der Waals surface area contributed by atoms with Crippen LogP contribution in [-0.2, 0) is 4.79 Å². The van der Waals surface area contributed by atoms with Crippen molar-refractivity contribution in [3.63, 3.8) is 0 Å². The maximum atomic E-state index is 11.8. The number of halogens is 1. The van der Waals surface area contributed by atoms with E-state index in [1.165, 1.54) is 0 Å². The number of aliphatic hydroxyl groups excluding tert-OH is 1. The number of ether oxygens (including phenoxy) is 1. The molecule has 0 unspecified atom stereocenters. The van der Waals surface area contributed by atoms with E-state index in [9.17, 15) is 9.90 Å². The van der Waals surface area contributed by atoms with Crippen LogP contribution >= 0.6 is 15.9 Å². The summed E-state index contributed by atoms with van der Waals surface area (Å²) in [5, 5.41) is 9.70. The van der Waals surface area contributed by atoms with Crippen LogP contribution in [0.15, 0.2) is 22.7 Å². The van der Waals surface area contributed by atoms with E-state index >= 15 is 0 Å². The van der Waals surface area contributed by atoms with E-state index < -0.39 is 6.10 Å². The Balaban J connectivity index is 2.75. The lowest BCUT2D eigenvalue weighted by Gasteiger charge is -2.22. The molecule has 1 aromatic carbocycles. The molecule has 5 heteroatoms. The molecule has 0 radical (unpaired) electrons. The van der Waals surface area contributed by atoms with Crippen molar-refractivity contribution in [1.82, 2.24) is 4.90 Å². The summed E-state index contributed by atoms with van der Waals surface area (Å²) >= 11 is 3.35. The monoisotopic (exact) mass is 329 g/mol. The van der Waals surface area contributed by atoms with E-state index in [1.54, 1.807) is 31.0 Å². The summed E-state index contributed by atoms with van der Waals surface area (Å²) in [6, 6.07) is 5.49. The molecule has 0 saturated carbocycles. The molecule has 0 fully saturated rings. The van der Waals surface area contributed by atoms with Gasteiger partial charge in [-0.3, -0.25) is 4.79 Å². The van der Waals surface area contributed by atoms with Gasteiger partial charge in [0.2, 0.25) is 0 Å². The first-order valence-electron chi connectivity index (χ1n) is 6.19. The first-order chi connectivity index (χ1) is 8.82. The van der Waals surface area contributed by atoms with Gasteiger partial charge in [-0.25, -0.2) is 0 Å². The molecule has 0 aliphatic rings. The summed E-state index contributed by atoms with van der Waals surface area (Å²) in [5.41, 5.74) is 0.661. The van der Waals surface area contributed by atoms with Crippen LogP contribution in [0.4, 0.5) is 0 Å². The zero-order chi connectivity index (χ0) is 14.6. The Labute approximate surface area is 122 Å². The first kappa shape index (κ1) is 16.0. The normalized spacial score (nSPS) is 12.4. The SMILES string of the molecule is CC(C)N(C)C(=O)COc1ccc(Br)cc1[C@@H](C)O. The minimum atomic E-state index is -0.648. The Morgan fingerprint density at radius 1 is 1.42 bits per heavy atom. The average Bonchev–Trinajstić information content (AvgIpc) is 2.35. The Kier molecular flexibility index (Phi) is 5.82. The van der Waals surface area contributed by atoms with Crippen molar-refractivity contribution in [2.24, 2.45) is 0 Å². The number of amides is 1. The third-order valence-corrected chi connectivity index (χ3v) is 3.43. The molecule has 4 nitrogen and oxygen atoms in total. The fourth-order valence-electron chi connectivity index (χ4n) is 1.51. The predicted molar refractivity (Wildman–Crippen MR) is 78.2 cm³/mol. The highest BCUT2D eigenvalue weighted by Gasteiger charge is 2.15. The fourth-order valence-corrected chi connectivity index (χ4v) is 1.89. The maximum absolute atomic E-state index is 11.8. The number of benzene rings is 1. The smallest absolute Gasteiger partial charge is 0.260 e. The Morgan fingerprint density at radius 2 is 2.05 bits per heavy atom. The van der Waals surface area contributed by atoms with Gasteiger partial charge >= 0.3 is 0 Å². The summed E-state index contributed by atoms with van der Waals surface area (Å²) in [4.78, 5) is 13.5. The Morgan fingerprint density at radius 3 is 2.58 bits per heavy atom. The lowest BCUT2D eigenvalue weighted by Crippen LogP contribution is -2.36. The van der Waals surface area contributed by atoms with Gasteiger partial charge in [-0.1, -0.05) is 15.9 Å². The molecule has 0 spiro atoms. The van der Waals surface area contributed by atoms with Crippen molar-refractivity contribution < 1.29 is 14.6 Å². The minimum absolute atomic E-state index is 0.0317. The van der Waals surface area contributed by atoms with Crippen LogP contribution < -0.4 is 4.74 Å². The highest BCUT2D eigenvalue weighted by Crippen LogP contribution is 2.28. The third kappa shape index (κ3) is 4.51. The molecule has 0 aliphatic carbocycles. The van der Waals surface area contributed by atoms with Crippen LogP contribution in [0.2, 0.25) is 0 Å². The van der Waals surface area contributed by atoms with Gasteiger partial charge in [-0.05, 0) is 39.0 Å². The number of carbonyl (C=O) groups is 1. The molecular formula is C14H20BrNO3. The number of hydrogen-bond donors (Lipinski definition) is 1. The number of hydrogen-bond acceptors (Lipinski definition) is 3. The summed E-state index contributed by atoms with van der Waals surface area (Å²) in [6.07, 6.45) is -0.648. The molecular weight excluding hydrogens is 310 g/mol. The van der Waals surface area contributed by atoms with Crippen molar-refractivity contribution in [3.8, 4) is 5.75 Å². The van der Waals surface area contributed by atoms with Gasteiger partial charge in [-0.2, -0.15) is 0 Å². The average molecular weight is 330 g/mol. The van der Waals surface area contributed by atoms with Gasteiger partial charge in [0.25, 0.3) is 5.91 Å². The summed E-state index contributed by atoms with van der Waals surface area (Å²) in [6.45, 7) is 5.52. The molecule has 1 N–H and O–H groups in total. The lowest BCUT2D eigenvalue weighted by molar-refractivity contribution is -0.133. The van der Waals surface area contributed by atoms with E-state index in [4.69, 9.17) is 4.74 Å².